The smallest absolute Gasteiger partial charge is 0.0828 e. The molecule has 0 saturated carbocycles. The number of nitrogens with zero attached hydrogens (tertiary/aromatic N) is 2. The minimum absolute atomic E-state index is 0.966. The van der Waals surface area contributed by atoms with Crippen LogP contribution < -0.4 is 0 Å². The van der Waals surface area contributed by atoms with Crippen LogP contribution in [0.1, 0.15) is 11.3 Å². The van der Waals surface area contributed by atoms with Crippen molar-refractivity contribution in [2.75, 3.05) is 0 Å². The molecular weight excluding hydrogens is 170 g/mol. The van der Waals surface area contributed by atoms with Crippen molar-refractivity contribution in [2.45, 2.75) is 12.8 Å². The van der Waals surface area contributed by atoms with E-state index in [4.69, 9.17) is 0 Å². The number of hydrogen-bond acceptors (Lipinski definition) is 3. The highest BCUT2D eigenvalue weighted by Gasteiger charge is 1.97. The van der Waals surface area contributed by atoms with E-state index < -0.39 is 0 Å². The van der Waals surface area contributed by atoms with Gasteiger partial charge in [-0.05, 0) is 35.2 Å². The van der Waals surface area contributed by atoms with Gasteiger partial charge in [-0.1, -0.05) is 0 Å². The second kappa shape index (κ2) is 3.49. The lowest BCUT2D eigenvalue weighted by Crippen LogP contribution is -1.89. The van der Waals surface area contributed by atoms with E-state index in [1.807, 2.05) is 0 Å². The fourth-order valence-corrected chi connectivity index (χ4v) is 1.76. The molecule has 2 aromatic rings. The van der Waals surface area contributed by atoms with Crippen LogP contribution in [-0.2, 0) is 12.8 Å². The molecule has 62 valence electrons. The number of aryl methyl sites for hydroxylation is 2. The molecule has 0 saturated heterocycles. The van der Waals surface area contributed by atoms with Gasteiger partial charge in [0, 0.05) is 0 Å². The standard InChI is InChI=1S/C8H9N3S/c1(7-3-4-12-6-7)2-8-5-9-11-10-8/h3-6H,1-2H2,(H,9,10,11). The second-order valence-corrected chi connectivity index (χ2v) is 3.37. The maximum Gasteiger partial charge on any atom is 0.0828 e. The summed E-state index contributed by atoms with van der Waals surface area (Å²) in [6.07, 6.45) is 3.79. The van der Waals surface area contributed by atoms with Crippen molar-refractivity contribution in [3.63, 3.8) is 0 Å². The van der Waals surface area contributed by atoms with Gasteiger partial charge in [0.15, 0.2) is 0 Å². The summed E-state index contributed by atoms with van der Waals surface area (Å²) in [5.41, 5.74) is 2.41. The third-order valence-electron chi connectivity index (χ3n) is 1.71. The zero-order chi connectivity index (χ0) is 8.23. The molecule has 0 aromatic carbocycles. The molecule has 0 bridgehead atoms. The molecule has 3 nitrogen and oxygen atoms in total. The van der Waals surface area contributed by atoms with E-state index in [-0.39, 0.29) is 0 Å². The number of thiophene rings is 1. The van der Waals surface area contributed by atoms with Gasteiger partial charge in [0.25, 0.3) is 0 Å². The second-order valence-electron chi connectivity index (χ2n) is 2.59. The van der Waals surface area contributed by atoms with Crippen LogP contribution in [0.5, 0.6) is 0 Å². The Morgan fingerprint density at radius 1 is 1.42 bits per heavy atom. The zero-order valence-corrected chi connectivity index (χ0v) is 7.34. The van der Waals surface area contributed by atoms with E-state index in [1.165, 1.54) is 5.56 Å². The van der Waals surface area contributed by atoms with Crippen molar-refractivity contribution >= 4 is 11.3 Å². The summed E-state index contributed by atoms with van der Waals surface area (Å²) < 4.78 is 0. The fourth-order valence-electron chi connectivity index (χ4n) is 1.05. The summed E-state index contributed by atoms with van der Waals surface area (Å²) in [4.78, 5) is 0. The molecule has 0 aliphatic carbocycles. The lowest BCUT2D eigenvalue weighted by atomic mass is 10.1. The first-order chi connectivity index (χ1) is 5.95. The summed E-state index contributed by atoms with van der Waals surface area (Å²) >= 11 is 1.73. The van der Waals surface area contributed by atoms with Crippen LogP contribution >= 0.6 is 11.3 Å². The number of nitrogens with one attached hydrogen (secondary N) is 1. The summed E-state index contributed by atoms with van der Waals surface area (Å²) in [6.45, 7) is 0. The monoisotopic (exact) mass is 179 g/mol. The number of hydrogen-bond donors (Lipinski definition) is 1. The average molecular weight is 179 g/mol. The Kier molecular flexibility index (Phi) is 2.18. The Labute approximate surface area is 74.4 Å². The maximum atomic E-state index is 3.98. The molecule has 2 heterocycles. The van der Waals surface area contributed by atoms with Crippen LogP contribution in [0, 0.1) is 0 Å². The lowest BCUT2D eigenvalue weighted by molar-refractivity contribution is 0.873. The molecule has 1 N–H and O–H groups in total. The zero-order valence-electron chi connectivity index (χ0n) is 6.53. The van der Waals surface area contributed by atoms with Crippen LogP contribution in [0.4, 0.5) is 0 Å². The van der Waals surface area contributed by atoms with Gasteiger partial charge in [-0.2, -0.15) is 26.7 Å². The third kappa shape index (κ3) is 1.71. The Hall–Kier alpha value is -1.16. The van der Waals surface area contributed by atoms with E-state index in [0.717, 1.165) is 18.5 Å². The van der Waals surface area contributed by atoms with Gasteiger partial charge in [-0.25, -0.2) is 0 Å². The quantitative estimate of drug-likeness (QED) is 0.778. The van der Waals surface area contributed by atoms with Crippen molar-refractivity contribution in [1.29, 1.82) is 0 Å². The first-order valence-electron chi connectivity index (χ1n) is 3.81. The normalized spacial score (nSPS) is 10.3. The highest BCUT2D eigenvalue weighted by Crippen LogP contribution is 2.08. The Morgan fingerprint density at radius 2 is 2.42 bits per heavy atom. The maximum absolute atomic E-state index is 3.98. The van der Waals surface area contributed by atoms with Gasteiger partial charge in [0.05, 0.1) is 11.9 Å². The van der Waals surface area contributed by atoms with Gasteiger partial charge in [-0.3, -0.25) is 0 Å². The van der Waals surface area contributed by atoms with Crippen LogP contribution in [0.25, 0.3) is 0 Å². The molecule has 0 spiro atoms. The van der Waals surface area contributed by atoms with Gasteiger partial charge < -0.3 is 0 Å². The van der Waals surface area contributed by atoms with Crippen LogP contribution in [0.3, 0.4) is 0 Å². The first kappa shape index (κ1) is 7.49. The van der Waals surface area contributed by atoms with E-state index in [9.17, 15) is 0 Å². The molecular formula is C8H9N3S. The Balaban J connectivity index is 1.91. The van der Waals surface area contributed by atoms with Crippen molar-refractivity contribution in [2.24, 2.45) is 0 Å². The minimum Gasteiger partial charge on any atom is -0.198 e. The van der Waals surface area contributed by atoms with Crippen molar-refractivity contribution in [3.8, 4) is 0 Å². The summed E-state index contributed by atoms with van der Waals surface area (Å²) in [6, 6.07) is 2.14. The summed E-state index contributed by atoms with van der Waals surface area (Å²) in [5.74, 6) is 0. The summed E-state index contributed by atoms with van der Waals surface area (Å²) in [7, 11) is 0. The minimum atomic E-state index is 0.966. The number of aromatic amines is 1. The molecule has 2 aromatic heterocycles. The summed E-state index contributed by atoms with van der Waals surface area (Å²) in [5, 5.41) is 14.6. The number of aromatic nitrogens is 3. The van der Waals surface area contributed by atoms with E-state index >= 15 is 0 Å². The van der Waals surface area contributed by atoms with Gasteiger partial charge in [0.2, 0.25) is 0 Å². The van der Waals surface area contributed by atoms with Crippen LogP contribution in [0.2, 0.25) is 0 Å². The largest absolute Gasteiger partial charge is 0.198 e. The van der Waals surface area contributed by atoms with E-state index in [0.29, 0.717) is 0 Å². The predicted octanol–water partition coefficient (Wildman–Crippen LogP) is 1.65. The molecule has 0 radical (unpaired) electrons. The fraction of sp³-hybridized carbons (Fsp3) is 0.250. The Bertz CT molecular complexity index is 278. The van der Waals surface area contributed by atoms with E-state index in [1.54, 1.807) is 17.5 Å². The Morgan fingerprint density at radius 3 is 3.08 bits per heavy atom. The molecule has 0 aliphatic heterocycles. The first-order valence-corrected chi connectivity index (χ1v) is 4.75. The topological polar surface area (TPSA) is 41.6 Å². The van der Waals surface area contributed by atoms with Crippen molar-refractivity contribution < 1.29 is 0 Å². The average Bonchev–Trinajstić information content (AvgIpc) is 2.74. The van der Waals surface area contributed by atoms with Crippen molar-refractivity contribution in [1.82, 2.24) is 15.4 Å². The van der Waals surface area contributed by atoms with Gasteiger partial charge >= 0.3 is 0 Å². The molecule has 12 heavy (non-hydrogen) atoms. The predicted molar refractivity (Wildman–Crippen MR) is 48.1 cm³/mol. The molecule has 0 aliphatic rings. The highest BCUT2D eigenvalue weighted by molar-refractivity contribution is 7.07. The highest BCUT2D eigenvalue weighted by atomic mass is 32.1. The van der Waals surface area contributed by atoms with Gasteiger partial charge in [0.1, 0.15) is 0 Å². The molecule has 0 unspecified atom stereocenters. The molecule has 4 heteroatoms. The van der Waals surface area contributed by atoms with E-state index in [2.05, 4.69) is 32.2 Å². The molecule has 0 atom stereocenters. The SMILES string of the molecule is c1cc(CCc2cn[nH]n2)cs1. The number of H-pyrrole nitrogens is 1. The van der Waals surface area contributed by atoms with Crippen LogP contribution in [0.15, 0.2) is 23.0 Å². The number of rotatable bonds is 3. The van der Waals surface area contributed by atoms with Crippen molar-refractivity contribution in [3.05, 3.63) is 34.3 Å². The van der Waals surface area contributed by atoms with Gasteiger partial charge in [-0.15, -0.1) is 0 Å². The lowest BCUT2D eigenvalue weighted by Gasteiger charge is -1.91. The van der Waals surface area contributed by atoms with Crippen LogP contribution in [-0.4, -0.2) is 15.4 Å². The molecule has 0 amide bonds. The molecule has 2 rings (SSSR count). The third-order valence-corrected chi connectivity index (χ3v) is 2.45. The molecule has 0 fully saturated rings.